The number of nitrogens with zero attached hydrogens (tertiary/aromatic N) is 1. The minimum Gasteiger partial charge on any atom is -0.334 e. The molecule has 1 aliphatic heterocycles. The highest BCUT2D eigenvalue weighted by atomic mass is 16.2. The fraction of sp³-hybridized carbons (Fsp3) is 0.562. The van der Waals surface area contributed by atoms with Crippen LogP contribution < -0.4 is 5.32 Å². The Hall–Kier alpha value is -1.51. The van der Waals surface area contributed by atoms with Crippen LogP contribution in [0.4, 0.5) is 4.79 Å². The fourth-order valence-electron chi connectivity index (χ4n) is 2.68. The highest BCUT2D eigenvalue weighted by Gasteiger charge is 2.24. The Morgan fingerprint density at radius 1 is 1.32 bits per heavy atom. The summed E-state index contributed by atoms with van der Waals surface area (Å²) in [5, 5.41) is 3.04. The van der Waals surface area contributed by atoms with Crippen molar-refractivity contribution in [3.8, 4) is 0 Å². The van der Waals surface area contributed by atoms with Gasteiger partial charge in [0.05, 0.1) is 0 Å². The van der Waals surface area contributed by atoms with Crippen LogP contribution >= 0.6 is 0 Å². The normalized spacial score (nSPS) is 19.3. The van der Waals surface area contributed by atoms with E-state index in [1.54, 1.807) is 0 Å². The van der Waals surface area contributed by atoms with Gasteiger partial charge in [0.15, 0.2) is 0 Å². The number of carbonyl (C=O) groups is 1. The van der Waals surface area contributed by atoms with E-state index in [2.05, 4.69) is 43.4 Å². The van der Waals surface area contributed by atoms with Gasteiger partial charge in [-0.2, -0.15) is 0 Å². The van der Waals surface area contributed by atoms with E-state index in [-0.39, 0.29) is 6.03 Å². The molecule has 0 saturated carbocycles. The van der Waals surface area contributed by atoms with Gasteiger partial charge in [0.2, 0.25) is 0 Å². The van der Waals surface area contributed by atoms with Crippen molar-refractivity contribution in [2.24, 2.45) is 0 Å². The van der Waals surface area contributed by atoms with Gasteiger partial charge in [0, 0.05) is 19.1 Å². The second kappa shape index (κ2) is 6.60. The first kappa shape index (κ1) is 13.9. The predicted molar refractivity (Wildman–Crippen MR) is 78.1 cm³/mol. The van der Waals surface area contributed by atoms with Crippen LogP contribution in [0.25, 0.3) is 0 Å². The van der Waals surface area contributed by atoms with Gasteiger partial charge in [-0.25, -0.2) is 4.79 Å². The molecule has 2 rings (SSSR count). The third kappa shape index (κ3) is 3.72. The molecule has 0 aliphatic carbocycles. The smallest absolute Gasteiger partial charge is 0.317 e. The number of likely N-dealkylation sites (tertiary alicyclic amines) is 1. The number of nitrogens with one attached hydrogen (secondary N) is 1. The van der Waals surface area contributed by atoms with Crippen LogP contribution in [0.15, 0.2) is 24.3 Å². The highest BCUT2D eigenvalue weighted by molar-refractivity contribution is 5.74. The molecule has 1 saturated heterocycles. The van der Waals surface area contributed by atoms with E-state index >= 15 is 0 Å². The number of piperidine rings is 1. The van der Waals surface area contributed by atoms with Crippen molar-refractivity contribution in [3.63, 3.8) is 0 Å². The van der Waals surface area contributed by atoms with Gasteiger partial charge in [-0.15, -0.1) is 0 Å². The fourth-order valence-corrected chi connectivity index (χ4v) is 2.68. The molecule has 104 valence electrons. The summed E-state index contributed by atoms with van der Waals surface area (Å²) in [6.07, 6.45) is 4.58. The van der Waals surface area contributed by atoms with Gasteiger partial charge < -0.3 is 10.2 Å². The van der Waals surface area contributed by atoms with Crippen molar-refractivity contribution in [1.29, 1.82) is 0 Å². The first-order valence-corrected chi connectivity index (χ1v) is 7.30. The van der Waals surface area contributed by atoms with E-state index in [4.69, 9.17) is 0 Å². The molecule has 3 heteroatoms. The molecule has 1 atom stereocenters. The second-order valence-corrected chi connectivity index (χ2v) is 5.40. The molecule has 1 aliphatic rings. The number of carbonyl (C=O) groups excluding carboxylic acids is 1. The predicted octanol–water partition coefficient (Wildman–Crippen LogP) is 3.47. The Morgan fingerprint density at radius 3 is 2.74 bits per heavy atom. The van der Waals surface area contributed by atoms with Crippen LogP contribution in [0.1, 0.15) is 43.7 Å². The van der Waals surface area contributed by atoms with Crippen LogP contribution in [0, 0.1) is 6.92 Å². The summed E-state index contributed by atoms with van der Waals surface area (Å²) in [5.74, 6) is 0. The maximum absolute atomic E-state index is 12.2. The van der Waals surface area contributed by atoms with E-state index in [9.17, 15) is 4.79 Å². The number of amides is 2. The third-order valence-corrected chi connectivity index (χ3v) is 3.92. The average molecular weight is 260 g/mol. The van der Waals surface area contributed by atoms with Gasteiger partial charge in [0.1, 0.15) is 0 Å². The third-order valence-electron chi connectivity index (χ3n) is 3.92. The van der Waals surface area contributed by atoms with Crippen molar-refractivity contribution in [3.05, 3.63) is 35.4 Å². The summed E-state index contributed by atoms with van der Waals surface area (Å²) in [4.78, 5) is 14.2. The Morgan fingerprint density at radius 2 is 2.05 bits per heavy atom. The SMILES string of the molecule is CCC1CCCCN1C(=O)NCc1ccc(C)cc1. The van der Waals surface area contributed by atoms with E-state index in [1.165, 1.54) is 12.0 Å². The summed E-state index contributed by atoms with van der Waals surface area (Å²) in [7, 11) is 0. The lowest BCUT2D eigenvalue weighted by Gasteiger charge is -2.35. The first-order valence-electron chi connectivity index (χ1n) is 7.30. The number of aryl methyl sites for hydroxylation is 1. The molecule has 1 aromatic rings. The van der Waals surface area contributed by atoms with Crippen molar-refractivity contribution in [2.45, 2.75) is 52.1 Å². The van der Waals surface area contributed by atoms with E-state index in [0.29, 0.717) is 12.6 Å². The average Bonchev–Trinajstić information content (AvgIpc) is 2.46. The molecule has 1 aromatic carbocycles. The van der Waals surface area contributed by atoms with Gasteiger partial charge in [0.25, 0.3) is 0 Å². The number of rotatable bonds is 3. The molecule has 0 spiro atoms. The molecule has 0 bridgehead atoms. The zero-order valence-corrected chi connectivity index (χ0v) is 12.0. The van der Waals surface area contributed by atoms with Crippen LogP contribution in [0.3, 0.4) is 0 Å². The maximum atomic E-state index is 12.2. The first-order chi connectivity index (χ1) is 9.20. The monoisotopic (exact) mass is 260 g/mol. The largest absolute Gasteiger partial charge is 0.334 e. The minimum absolute atomic E-state index is 0.0899. The Labute approximate surface area is 116 Å². The van der Waals surface area contributed by atoms with Crippen molar-refractivity contribution < 1.29 is 4.79 Å². The van der Waals surface area contributed by atoms with Crippen LogP contribution in [-0.2, 0) is 6.54 Å². The van der Waals surface area contributed by atoms with Gasteiger partial charge in [-0.3, -0.25) is 0 Å². The lowest BCUT2D eigenvalue weighted by Crippen LogP contribution is -2.48. The molecule has 19 heavy (non-hydrogen) atoms. The summed E-state index contributed by atoms with van der Waals surface area (Å²) in [5.41, 5.74) is 2.40. The summed E-state index contributed by atoms with van der Waals surface area (Å²) in [6, 6.07) is 8.82. The molecule has 1 unspecified atom stereocenters. The lowest BCUT2D eigenvalue weighted by molar-refractivity contribution is 0.148. The topological polar surface area (TPSA) is 32.3 Å². The molecule has 2 amide bonds. The highest BCUT2D eigenvalue weighted by Crippen LogP contribution is 2.19. The summed E-state index contributed by atoms with van der Waals surface area (Å²) >= 11 is 0. The van der Waals surface area contributed by atoms with Crippen molar-refractivity contribution >= 4 is 6.03 Å². The van der Waals surface area contributed by atoms with E-state index < -0.39 is 0 Å². The molecule has 1 fully saturated rings. The number of urea groups is 1. The lowest BCUT2D eigenvalue weighted by atomic mass is 10.0. The summed E-state index contributed by atoms with van der Waals surface area (Å²) < 4.78 is 0. The Bertz CT molecular complexity index is 413. The molecule has 1 heterocycles. The van der Waals surface area contributed by atoms with Crippen LogP contribution in [0.2, 0.25) is 0 Å². The zero-order chi connectivity index (χ0) is 13.7. The number of benzene rings is 1. The van der Waals surface area contributed by atoms with Crippen molar-refractivity contribution in [1.82, 2.24) is 10.2 Å². The maximum Gasteiger partial charge on any atom is 0.317 e. The quantitative estimate of drug-likeness (QED) is 0.886. The zero-order valence-electron chi connectivity index (χ0n) is 12.0. The van der Waals surface area contributed by atoms with Gasteiger partial charge in [-0.1, -0.05) is 36.8 Å². The second-order valence-electron chi connectivity index (χ2n) is 5.40. The molecular formula is C16H24N2O. The molecule has 0 aromatic heterocycles. The van der Waals surface area contributed by atoms with Crippen LogP contribution in [0.5, 0.6) is 0 Å². The van der Waals surface area contributed by atoms with Gasteiger partial charge >= 0.3 is 6.03 Å². The van der Waals surface area contributed by atoms with Crippen LogP contribution in [-0.4, -0.2) is 23.5 Å². The number of hydrogen-bond acceptors (Lipinski definition) is 1. The standard InChI is InChI=1S/C16H24N2O/c1-3-15-6-4-5-11-18(15)16(19)17-12-14-9-7-13(2)8-10-14/h7-10,15H,3-6,11-12H2,1-2H3,(H,17,19). The van der Waals surface area contributed by atoms with Gasteiger partial charge in [-0.05, 0) is 38.2 Å². The molecule has 1 N–H and O–H groups in total. The minimum atomic E-state index is 0.0899. The Balaban J connectivity index is 1.87. The summed E-state index contributed by atoms with van der Waals surface area (Å²) in [6.45, 7) is 5.75. The molecule has 3 nitrogen and oxygen atoms in total. The van der Waals surface area contributed by atoms with E-state index in [0.717, 1.165) is 31.4 Å². The van der Waals surface area contributed by atoms with Crippen molar-refractivity contribution in [2.75, 3.05) is 6.54 Å². The number of hydrogen-bond donors (Lipinski definition) is 1. The molecular weight excluding hydrogens is 236 g/mol. The Kier molecular flexibility index (Phi) is 4.83. The van der Waals surface area contributed by atoms with E-state index in [1.807, 2.05) is 4.90 Å². The molecule has 0 radical (unpaired) electrons.